The van der Waals surface area contributed by atoms with Crippen LogP contribution in [0.5, 0.6) is 0 Å². The molecule has 29 heavy (non-hydrogen) atoms. The third-order valence-corrected chi connectivity index (χ3v) is 5.07. The zero-order valence-electron chi connectivity index (χ0n) is 16.9. The van der Waals surface area contributed by atoms with E-state index < -0.39 is 34.4 Å². The average Bonchev–Trinajstić information content (AvgIpc) is 2.64. The third kappa shape index (κ3) is 6.85. The van der Waals surface area contributed by atoms with Gasteiger partial charge in [0.1, 0.15) is 22.5 Å². The number of amides is 1. The number of hydrogen-bond donors (Lipinski definition) is 1. The summed E-state index contributed by atoms with van der Waals surface area (Å²) in [4.78, 5) is 24.8. The number of carbonyl (C=O) groups excluding carboxylic acids is 2. The summed E-state index contributed by atoms with van der Waals surface area (Å²) in [7, 11) is 0. The van der Waals surface area contributed by atoms with Crippen molar-refractivity contribution in [3.63, 3.8) is 0 Å². The van der Waals surface area contributed by atoms with Gasteiger partial charge in [-0.15, -0.1) is 11.8 Å². The summed E-state index contributed by atoms with van der Waals surface area (Å²) in [6.45, 7) is 7.18. The summed E-state index contributed by atoms with van der Waals surface area (Å²) in [5, 5.41) is 1.81. The molecule has 2 rings (SSSR count). The van der Waals surface area contributed by atoms with Crippen molar-refractivity contribution < 1.29 is 23.1 Å². The maximum atomic E-state index is 14.4. The van der Waals surface area contributed by atoms with Crippen LogP contribution in [0.15, 0.2) is 47.4 Å². The molecule has 1 amide bonds. The summed E-state index contributed by atoms with van der Waals surface area (Å²) >= 11 is 0.967. The Morgan fingerprint density at radius 1 is 1.10 bits per heavy atom. The van der Waals surface area contributed by atoms with Crippen LogP contribution in [0, 0.1) is 11.6 Å². The normalized spacial score (nSPS) is 12.3. The van der Waals surface area contributed by atoms with Gasteiger partial charge in [-0.25, -0.2) is 8.78 Å². The summed E-state index contributed by atoms with van der Waals surface area (Å²) in [6, 6.07) is 10.2. The zero-order valence-corrected chi connectivity index (χ0v) is 17.7. The highest BCUT2D eigenvalue weighted by Crippen LogP contribution is 2.33. The maximum absolute atomic E-state index is 14.4. The van der Waals surface area contributed by atoms with Crippen LogP contribution >= 0.6 is 11.8 Å². The minimum atomic E-state index is -0.888. The van der Waals surface area contributed by atoms with E-state index in [4.69, 9.17) is 4.74 Å². The van der Waals surface area contributed by atoms with Gasteiger partial charge in [0, 0.05) is 16.5 Å². The molecule has 0 aromatic heterocycles. The number of anilines is 1. The monoisotopic (exact) mass is 421 g/mol. The topological polar surface area (TPSA) is 55.4 Å². The molecule has 0 aliphatic carbocycles. The Kier molecular flexibility index (Phi) is 7.79. The van der Waals surface area contributed by atoms with Gasteiger partial charge in [-0.3, -0.25) is 9.59 Å². The molecule has 156 valence electrons. The lowest BCUT2D eigenvalue weighted by Gasteiger charge is -2.23. The van der Waals surface area contributed by atoms with Crippen molar-refractivity contribution in [1.82, 2.24) is 0 Å². The van der Waals surface area contributed by atoms with Gasteiger partial charge in [0.15, 0.2) is 0 Å². The van der Waals surface area contributed by atoms with Gasteiger partial charge in [0.2, 0.25) is 0 Å². The number of rotatable bonds is 7. The molecule has 0 heterocycles. The summed E-state index contributed by atoms with van der Waals surface area (Å²) in [5.74, 6) is -2.65. The van der Waals surface area contributed by atoms with Crippen molar-refractivity contribution in [2.75, 3.05) is 5.32 Å². The molecule has 0 saturated carbocycles. The highest BCUT2D eigenvalue weighted by molar-refractivity contribution is 8.00. The van der Waals surface area contributed by atoms with E-state index in [0.717, 1.165) is 11.8 Å². The van der Waals surface area contributed by atoms with Crippen molar-refractivity contribution in [2.45, 2.75) is 56.3 Å². The standard InChI is InChI=1S/C22H25F2NO3S/c1-5-9-18(21(27)28-22(2,3)4)29-19-13-17(15(23)12-16(19)24)25-20(26)14-10-7-6-8-11-14/h6-8,10-13,18H,5,9H2,1-4H3,(H,25,26). The number of thioether (sulfide) groups is 1. The molecule has 0 radical (unpaired) electrons. The smallest absolute Gasteiger partial charge is 0.319 e. The predicted octanol–water partition coefficient (Wildman–Crippen LogP) is 5.82. The van der Waals surface area contributed by atoms with E-state index in [2.05, 4.69) is 5.32 Å². The second kappa shape index (κ2) is 9.87. The first-order chi connectivity index (χ1) is 13.6. The molecule has 7 heteroatoms. The Morgan fingerprint density at radius 2 is 1.76 bits per heavy atom. The molecule has 2 aromatic carbocycles. The van der Waals surface area contributed by atoms with Crippen LogP contribution in [0.3, 0.4) is 0 Å². The molecule has 1 N–H and O–H groups in total. The van der Waals surface area contributed by atoms with Crippen LogP contribution < -0.4 is 5.32 Å². The molecule has 0 saturated heterocycles. The molecule has 2 aromatic rings. The molecule has 0 fully saturated rings. The van der Waals surface area contributed by atoms with E-state index in [1.54, 1.807) is 51.1 Å². The van der Waals surface area contributed by atoms with E-state index >= 15 is 0 Å². The fourth-order valence-electron chi connectivity index (χ4n) is 2.51. The number of benzene rings is 2. The molecule has 0 aliphatic heterocycles. The van der Waals surface area contributed by atoms with Crippen molar-refractivity contribution in [3.8, 4) is 0 Å². The first-order valence-electron chi connectivity index (χ1n) is 9.35. The third-order valence-electron chi connectivity index (χ3n) is 3.80. The lowest BCUT2D eigenvalue weighted by molar-refractivity contribution is -0.154. The second-order valence-electron chi connectivity index (χ2n) is 7.51. The van der Waals surface area contributed by atoms with Crippen LogP contribution in [0.2, 0.25) is 0 Å². The van der Waals surface area contributed by atoms with E-state index in [9.17, 15) is 18.4 Å². The highest BCUT2D eigenvalue weighted by Gasteiger charge is 2.27. The number of nitrogens with one attached hydrogen (secondary N) is 1. The van der Waals surface area contributed by atoms with Gasteiger partial charge in [0.05, 0.1) is 5.69 Å². The van der Waals surface area contributed by atoms with Gasteiger partial charge >= 0.3 is 5.97 Å². The number of halogens is 2. The Morgan fingerprint density at radius 3 is 2.34 bits per heavy atom. The molecule has 1 atom stereocenters. The minimum Gasteiger partial charge on any atom is -0.459 e. The second-order valence-corrected chi connectivity index (χ2v) is 8.76. The van der Waals surface area contributed by atoms with Gasteiger partial charge < -0.3 is 10.1 Å². The average molecular weight is 422 g/mol. The highest BCUT2D eigenvalue weighted by atomic mass is 32.2. The molecule has 0 bridgehead atoms. The number of hydrogen-bond acceptors (Lipinski definition) is 4. The van der Waals surface area contributed by atoms with Crippen molar-refractivity contribution in [2.24, 2.45) is 0 Å². The molecular weight excluding hydrogens is 396 g/mol. The fraction of sp³-hybridized carbons (Fsp3) is 0.364. The summed E-state index contributed by atoms with van der Waals surface area (Å²) in [6.07, 6.45) is 1.17. The van der Waals surface area contributed by atoms with Crippen LogP contribution in [-0.4, -0.2) is 22.7 Å². The van der Waals surface area contributed by atoms with Crippen LogP contribution in [0.4, 0.5) is 14.5 Å². The van der Waals surface area contributed by atoms with Gasteiger partial charge in [0.25, 0.3) is 5.91 Å². The SMILES string of the molecule is CCCC(Sc1cc(NC(=O)c2ccccc2)c(F)cc1F)C(=O)OC(C)(C)C. The first kappa shape index (κ1) is 22.9. The van der Waals surface area contributed by atoms with Gasteiger partial charge in [-0.1, -0.05) is 31.5 Å². The van der Waals surface area contributed by atoms with Crippen LogP contribution in [0.1, 0.15) is 50.9 Å². The molecular formula is C22H25F2NO3S. The fourth-order valence-corrected chi connectivity index (χ4v) is 3.67. The van der Waals surface area contributed by atoms with Gasteiger partial charge in [-0.2, -0.15) is 0 Å². The zero-order chi connectivity index (χ0) is 21.6. The molecule has 0 spiro atoms. The quantitative estimate of drug-likeness (QED) is 0.452. The summed E-state index contributed by atoms with van der Waals surface area (Å²) in [5.41, 5.74) is -0.468. The van der Waals surface area contributed by atoms with Crippen LogP contribution in [-0.2, 0) is 9.53 Å². The van der Waals surface area contributed by atoms with Crippen molar-refractivity contribution in [1.29, 1.82) is 0 Å². The van der Waals surface area contributed by atoms with E-state index in [1.807, 2.05) is 6.92 Å². The molecule has 0 aliphatic rings. The Bertz CT molecular complexity index is 866. The van der Waals surface area contributed by atoms with Crippen molar-refractivity contribution in [3.05, 3.63) is 59.7 Å². The number of ether oxygens (including phenoxy) is 1. The maximum Gasteiger partial charge on any atom is 0.319 e. The predicted molar refractivity (Wildman–Crippen MR) is 111 cm³/mol. The molecule has 4 nitrogen and oxygen atoms in total. The van der Waals surface area contributed by atoms with Gasteiger partial charge in [-0.05, 0) is 45.4 Å². The largest absolute Gasteiger partial charge is 0.459 e. The Labute approximate surface area is 174 Å². The lowest BCUT2D eigenvalue weighted by atomic mass is 10.2. The Hall–Kier alpha value is -2.41. The number of carbonyl (C=O) groups is 2. The van der Waals surface area contributed by atoms with E-state index in [0.29, 0.717) is 24.5 Å². The molecule has 1 unspecified atom stereocenters. The van der Waals surface area contributed by atoms with E-state index in [1.165, 1.54) is 6.07 Å². The Balaban J connectivity index is 2.24. The van der Waals surface area contributed by atoms with Crippen LogP contribution in [0.25, 0.3) is 0 Å². The lowest BCUT2D eigenvalue weighted by Crippen LogP contribution is -2.30. The van der Waals surface area contributed by atoms with Crippen molar-refractivity contribution >= 4 is 29.3 Å². The first-order valence-corrected chi connectivity index (χ1v) is 10.2. The number of esters is 1. The summed E-state index contributed by atoms with van der Waals surface area (Å²) < 4.78 is 34.0. The van der Waals surface area contributed by atoms with E-state index in [-0.39, 0.29) is 10.6 Å². The minimum absolute atomic E-state index is 0.0686.